The zero-order chi connectivity index (χ0) is 20.1. The minimum atomic E-state index is -3.42. The topological polar surface area (TPSA) is 101 Å². The van der Waals surface area contributed by atoms with Crippen LogP contribution in [0, 0.1) is 5.92 Å². The summed E-state index contributed by atoms with van der Waals surface area (Å²) < 4.78 is 38.1. The summed E-state index contributed by atoms with van der Waals surface area (Å²) in [6.07, 6.45) is 3.02. The molecule has 0 saturated carbocycles. The molecule has 8 nitrogen and oxygen atoms in total. The molecule has 2 heterocycles. The summed E-state index contributed by atoms with van der Waals surface area (Å²) in [4.78, 5) is 4.50. The van der Waals surface area contributed by atoms with Crippen LogP contribution in [0.5, 0.6) is 0 Å². The van der Waals surface area contributed by atoms with Crippen LogP contribution in [0.15, 0.2) is 26.7 Å². The van der Waals surface area contributed by atoms with Crippen LogP contribution in [0.25, 0.3) is 0 Å². The molecular weight excluding hydrogens is 527 g/mol. The Morgan fingerprint density at radius 1 is 1.31 bits per heavy atom. The number of hydrogen-bond donors (Lipinski definition) is 3. The highest BCUT2D eigenvalue weighted by Gasteiger charge is 2.14. The highest BCUT2D eigenvalue weighted by Crippen LogP contribution is 2.15. The third-order valence-electron chi connectivity index (χ3n) is 4.22. The Bertz CT molecular complexity index is 665. The van der Waals surface area contributed by atoms with Crippen LogP contribution in [0.2, 0.25) is 0 Å². The Morgan fingerprint density at radius 2 is 2.10 bits per heavy atom. The second-order valence-corrected chi connectivity index (χ2v) is 9.44. The zero-order valence-corrected chi connectivity index (χ0v) is 20.9. The van der Waals surface area contributed by atoms with E-state index < -0.39 is 10.0 Å². The van der Waals surface area contributed by atoms with E-state index in [0.29, 0.717) is 42.3 Å². The first kappa shape index (κ1) is 26.6. The average molecular weight is 561 g/mol. The number of thiophene rings is 1. The number of ether oxygens (including phenoxy) is 2. The fraction of sp³-hybridized carbons (Fsp3) is 0.722. The zero-order valence-electron chi connectivity index (χ0n) is 16.9. The Balaban J connectivity index is 0.00000420. The van der Waals surface area contributed by atoms with Gasteiger partial charge in [-0.15, -0.1) is 35.3 Å². The lowest BCUT2D eigenvalue weighted by Gasteiger charge is -2.21. The van der Waals surface area contributed by atoms with Crippen molar-refractivity contribution >= 4 is 51.3 Å². The van der Waals surface area contributed by atoms with Gasteiger partial charge in [-0.05, 0) is 43.6 Å². The quantitative estimate of drug-likeness (QED) is 0.157. The van der Waals surface area contributed by atoms with E-state index in [1.165, 1.54) is 11.3 Å². The second-order valence-electron chi connectivity index (χ2n) is 6.50. The summed E-state index contributed by atoms with van der Waals surface area (Å²) in [5.41, 5.74) is 0. The van der Waals surface area contributed by atoms with E-state index in [-0.39, 0.29) is 24.0 Å². The third-order valence-corrected chi connectivity index (χ3v) is 7.08. The molecule has 0 atom stereocenters. The summed E-state index contributed by atoms with van der Waals surface area (Å²) in [7, 11) is -3.42. The van der Waals surface area contributed by atoms with Crippen LogP contribution in [-0.4, -0.2) is 67.0 Å². The number of hydrogen-bond acceptors (Lipinski definition) is 6. The summed E-state index contributed by atoms with van der Waals surface area (Å²) >= 11 is 1.20. The van der Waals surface area contributed by atoms with Crippen molar-refractivity contribution in [3.05, 3.63) is 17.5 Å². The SMILES string of the molecule is CCNC(=NCCCOCC1CCOCC1)NCCNS(=O)(=O)c1cccs1.I. The molecule has 1 aliphatic rings. The van der Waals surface area contributed by atoms with Gasteiger partial charge >= 0.3 is 0 Å². The molecule has 168 valence electrons. The van der Waals surface area contributed by atoms with E-state index in [2.05, 4.69) is 20.3 Å². The number of rotatable bonds is 12. The Labute approximate surface area is 195 Å². The third kappa shape index (κ3) is 10.9. The molecule has 1 aromatic rings. The minimum absolute atomic E-state index is 0. The molecule has 1 fully saturated rings. The van der Waals surface area contributed by atoms with E-state index in [0.717, 1.165) is 45.6 Å². The van der Waals surface area contributed by atoms with Crippen molar-refractivity contribution in [3.63, 3.8) is 0 Å². The normalized spacial score (nSPS) is 15.7. The van der Waals surface area contributed by atoms with E-state index in [1.807, 2.05) is 6.92 Å². The maximum absolute atomic E-state index is 12.1. The lowest BCUT2D eigenvalue weighted by Crippen LogP contribution is -2.41. The van der Waals surface area contributed by atoms with Crippen molar-refractivity contribution in [1.82, 2.24) is 15.4 Å². The molecule has 0 spiro atoms. The van der Waals surface area contributed by atoms with Crippen molar-refractivity contribution in [3.8, 4) is 0 Å². The van der Waals surface area contributed by atoms with Gasteiger partial charge in [0.05, 0.1) is 0 Å². The molecule has 0 amide bonds. The van der Waals surface area contributed by atoms with Crippen molar-refractivity contribution in [2.45, 2.75) is 30.4 Å². The number of halogens is 1. The van der Waals surface area contributed by atoms with Gasteiger partial charge in [-0.1, -0.05) is 6.07 Å². The van der Waals surface area contributed by atoms with Gasteiger partial charge in [0.2, 0.25) is 10.0 Å². The fourth-order valence-electron chi connectivity index (χ4n) is 2.72. The molecule has 1 saturated heterocycles. The summed E-state index contributed by atoms with van der Waals surface area (Å²) in [5, 5.41) is 8.05. The summed E-state index contributed by atoms with van der Waals surface area (Å²) in [5.74, 6) is 1.30. The molecule has 0 bridgehead atoms. The number of nitrogens with zero attached hydrogens (tertiary/aromatic N) is 1. The standard InChI is InChI=1S/C18H32N4O4S2.HI/c1-2-19-18(20-8-4-11-26-15-16-6-12-25-13-7-16)21-9-10-22-28(23,24)17-5-3-14-27-17;/h3,5,14,16,22H,2,4,6-13,15H2,1H3,(H2,19,20,21);1H. The van der Waals surface area contributed by atoms with E-state index in [4.69, 9.17) is 9.47 Å². The van der Waals surface area contributed by atoms with Crippen molar-refractivity contribution in [2.24, 2.45) is 10.9 Å². The van der Waals surface area contributed by atoms with Gasteiger partial charge < -0.3 is 20.1 Å². The van der Waals surface area contributed by atoms with Crippen molar-refractivity contribution in [1.29, 1.82) is 0 Å². The lowest BCUT2D eigenvalue weighted by molar-refractivity contribution is 0.0205. The maximum Gasteiger partial charge on any atom is 0.250 e. The first-order chi connectivity index (χ1) is 13.6. The summed E-state index contributed by atoms with van der Waals surface area (Å²) in [6, 6.07) is 3.32. The first-order valence-corrected chi connectivity index (χ1v) is 12.2. The number of nitrogens with one attached hydrogen (secondary N) is 3. The molecular formula is C18H33IN4O4S2. The van der Waals surface area contributed by atoms with Crippen LogP contribution >= 0.6 is 35.3 Å². The van der Waals surface area contributed by atoms with Gasteiger partial charge in [0.15, 0.2) is 5.96 Å². The van der Waals surface area contributed by atoms with Crippen LogP contribution < -0.4 is 15.4 Å². The van der Waals surface area contributed by atoms with E-state index in [1.54, 1.807) is 17.5 Å². The highest BCUT2D eigenvalue weighted by molar-refractivity contribution is 14.0. The molecule has 1 aromatic heterocycles. The Kier molecular flexibility index (Phi) is 14.1. The van der Waals surface area contributed by atoms with Gasteiger partial charge in [0, 0.05) is 52.6 Å². The Hall–Kier alpha value is -0.470. The molecule has 1 aliphatic heterocycles. The molecule has 3 N–H and O–H groups in total. The minimum Gasteiger partial charge on any atom is -0.381 e. The largest absolute Gasteiger partial charge is 0.381 e. The molecule has 0 unspecified atom stereocenters. The average Bonchev–Trinajstić information content (AvgIpc) is 3.24. The lowest BCUT2D eigenvalue weighted by atomic mass is 10.0. The molecule has 0 radical (unpaired) electrons. The van der Waals surface area contributed by atoms with E-state index in [9.17, 15) is 8.42 Å². The van der Waals surface area contributed by atoms with Crippen LogP contribution in [-0.2, 0) is 19.5 Å². The number of guanidine groups is 1. The summed E-state index contributed by atoms with van der Waals surface area (Å²) in [6.45, 7) is 7.33. The first-order valence-electron chi connectivity index (χ1n) is 9.82. The van der Waals surface area contributed by atoms with Gasteiger partial charge in [-0.25, -0.2) is 13.1 Å². The van der Waals surface area contributed by atoms with Crippen LogP contribution in [0.4, 0.5) is 0 Å². The smallest absolute Gasteiger partial charge is 0.250 e. The molecule has 2 rings (SSSR count). The van der Waals surface area contributed by atoms with Crippen LogP contribution in [0.3, 0.4) is 0 Å². The van der Waals surface area contributed by atoms with Gasteiger partial charge in [-0.2, -0.15) is 0 Å². The van der Waals surface area contributed by atoms with Crippen molar-refractivity contribution < 1.29 is 17.9 Å². The number of aliphatic imine (C=N–C) groups is 1. The Morgan fingerprint density at radius 3 is 2.79 bits per heavy atom. The van der Waals surface area contributed by atoms with Gasteiger partial charge in [-0.3, -0.25) is 4.99 Å². The molecule has 29 heavy (non-hydrogen) atoms. The van der Waals surface area contributed by atoms with E-state index >= 15 is 0 Å². The van der Waals surface area contributed by atoms with Gasteiger partial charge in [0.25, 0.3) is 0 Å². The predicted molar refractivity (Wildman–Crippen MR) is 128 cm³/mol. The second kappa shape index (κ2) is 15.3. The molecule has 11 heteroatoms. The van der Waals surface area contributed by atoms with Crippen molar-refractivity contribution in [2.75, 3.05) is 52.6 Å². The molecule has 0 aromatic carbocycles. The highest BCUT2D eigenvalue weighted by atomic mass is 127. The monoisotopic (exact) mass is 560 g/mol. The fourth-order valence-corrected chi connectivity index (χ4v) is 4.79. The number of sulfonamides is 1. The van der Waals surface area contributed by atoms with Gasteiger partial charge in [0.1, 0.15) is 4.21 Å². The molecule has 0 aliphatic carbocycles. The van der Waals surface area contributed by atoms with Crippen LogP contribution in [0.1, 0.15) is 26.2 Å². The predicted octanol–water partition coefficient (Wildman–Crippen LogP) is 2.03. The maximum atomic E-state index is 12.1.